The predicted octanol–water partition coefficient (Wildman–Crippen LogP) is 12.2. The van der Waals surface area contributed by atoms with Crippen LogP contribution in [0, 0.1) is 35.5 Å². The lowest BCUT2D eigenvalue weighted by molar-refractivity contribution is 0.102. The average Bonchev–Trinajstić information content (AvgIpc) is 2.95. The van der Waals surface area contributed by atoms with Crippen molar-refractivity contribution in [2.45, 2.75) is 173 Å². The Hall–Kier alpha value is -0.140. The van der Waals surface area contributed by atoms with Crippen LogP contribution in [0.4, 0.5) is 8.78 Å². The topological polar surface area (TPSA) is 0 Å². The molecule has 0 N–H and O–H groups in total. The molecule has 0 aromatic rings. The zero-order valence-corrected chi connectivity index (χ0v) is 24.7. The van der Waals surface area contributed by atoms with E-state index in [1.165, 1.54) is 122 Å². The summed E-state index contributed by atoms with van der Waals surface area (Å²) in [4.78, 5) is 0. The van der Waals surface area contributed by atoms with Crippen LogP contribution in [0.5, 0.6) is 0 Å². The van der Waals surface area contributed by atoms with Crippen LogP contribution < -0.4 is 0 Å². The summed E-state index contributed by atoms with van der Waals surface area (Å²) in [5.74, 6) is 6.26. The normalized spacial score (nSPS) is 31.0. The molecule has 0 aromatic carbocycles. The summed E-state index contributed by atoms with van der Waals surface area (Å²) in [5, 5.41) is 0. The van der Waals surface area contributed by atoms with Crippen molar-refractivity contribution in [3.8, 4) is 0 Å². The van der Waals surface area contributed by atoms with Crippen molar-refractivity contribution in [3.63, 3.8) is 0 Å². The Bertz CT molecular complexity index is 509. The molecule has 0 nitrogen and oxygen atoms in total. The molecule has 218 valence electrons. The molecule has 0 spiro atoms. The lowest BCUT2D eigenvalue weighted by Gasteiger charge is -2.41. The summed E-state index contributed by atoms with van der Waals surface area (Å²) >= 11 is 0. The largest absolute Gasteiger partial charge is 0.251 e. The standard InChI is InChI=1S/C35H64F2/c36-28-12-8-4-1-2-6-10-14-30-16-20-32(21-17-30)34-24-26-35(27-25-34)33-22-18-31(19-23-33)15-11-7-3-5-9-13-29-37/h30-35H,1-29H2. The van der Waals surface area contributed by atoms with Gasteiger partial charge in [0.15, 0.2) is 0 Å². The van der Waals surface area contributed by atoms with Crippen LogP contribution in [-0.4, -0.2) is 13.3 Å². The van der Waals surface area contributed by atoms with Gasteiger partial charge in [0.05, 0.1) is 13.3 Å². The second kappa shape index (κ2) is 19.8. The van der Waals surface area contributed by atoms with Gasteiger partial charge in [-0.25, -0.2) is 0 Å². The third-order valence-electron chi connectivity index (χ3n) is 11.2. The van der Waals surface area contributed by atoms with Crippen molar-refractivity contribution in [2.75, 3.05) is 13.3 Å². The molecule has 0 unspecified atom stereocenters. The molecule has 0 bridgehead atoms. The third kappa shape index (κ3) is 12.7. The molecule has 0 aromatic heterocycles. The van der Waals surface area contributed by atoms with Crippen LogP contribution in [0.15, 0.2) is 0 Å². The molecular weight excluding hydrogens is 458 g/mol. The third-order valence-corrected chi connectivity index (χ3v) is 11.2. The molecule has 3 saturated carbocycles. The Labute approximate surface area is 230 Å². The lowest BCUT2D eigenvalue weighted by Crippen LogP contribution is -2.29. The van der Waals surface area contributed by atoms with Gasteiger partial charge in [0.25, 0.3) is 0 Å². The SMILES string of the molecule is FCCCCCCCCCC1CCC(C2CCC(C3CCC(CCCCCCCCF)CC3)CC2)CC1. The van der Waals surface area contributed by atoms with Gasteiger partial charge in [-0.15, -0.1) is 0 Å². The van der Waals surface area contributed by atoms with Crippen LogP contribution in [0.25, 0.3) is 0 Å². The molecule has 2 heteroatoms. The first-order valence-electron chi connectivity index (χ1n) is 17.4. The van der Waals surface area contributed by atoms with Crippen molar-refractivity contribution in [1.29, 1.82) is 0 Å². The van der Waals surface area contributed by atoms with Crippen molar-refractivity contribution in [3.05, 3.63) is 0 Å². The smallest absolute Gasteiger partial charge is 0.0894 e. The second-order valence-corrected chi connectivity index (χ2v) is 13.8. The van der Waals surface area contributed by atoms with Gasteiger partial charge in [0.2, 0.25) is 0 Å². The van der Waals surface area contributed by atoms with E-state index >= 15 is 0 Å². The zero-order valence-electron chi connectivity index (χ0n) is 24.7. The lowest BCUT2D eigenvalue weighted by atomic mass is 9.64. The zero-order chi connectivity index (χ0) is 26.0. The van der Waals surface area contributed by atoms with Crippen LogP contribution in [-0.2, 0) is 0 Å². The second-order valence-electron chi connectivity index (χ2n) is 13.8. The van der Waals surface area contributed by atoms with E-state index in [9.17, 15) is 8.78 Å². The highest BCUT2D eigenvalue weighted by atomic mass is 19.1. The summed E-state index contributed by atoms with van der Waals surface area (Å²) in [6.07, 6.45) is 37.2. The highest BCUT2D eigenvalue weighted by Gasteiger charge is 2.34. The first-order valence-corrected chi connectivity index (χ1v) is 17.4. The monoisotopic (exact) mass is 522 g/mol. The summed E-state index contributed by atoms with van der Waals surface area (Å²) in [6, 6.07) is 0. The molecule has 0 atom stereocenters. The fourth-order valence-electron chi connectivity index (χ4n) is 8.63. The highest BCUT2D eigenvalue weighted by molar-refractivity contribution is 4.86. The minimum Gasteiger partial charge on any atom is -0.251 e. The minimum absolute atomic E-state index is 0.126. The molecule has 3 fully saturated rings. The molecule has 0 amide bonds. The van der Waals surface area contributed by atoms with E-state index in [4.69, 9.17) is 0 Å². The highest BCUT2D eigenvalue weighted by Crippen LogP contribution is 2.46. The number of hydrogen-bond donors (Lipinski definition) is 0. The maximum atomic E-state index is 12.2. The van der Waals surface area contributed by atoms with Crippen LogP contribution >= 0.6 is 0 Å². The van der Waals surface area contributed by atoms with Crippen molar-refractivity contribution in [1.82, 2.24) is 0 Å². The molecule has 0 radical (unpaired) electrons. The van der Waals surface area contributed by atoms with Crippen LogP contribution in [0.2, 0.25) is 0 Å². The van der Waals surface area contributed by atoms with Gasteiger partial charge in [0, 0.05) is 0 Å². The van der Waals surface area contributed by atoms with Gasteiger partial charge in [-0.3, -0.25) is 8.78 Å². The van der Waals surface area contributed by atoms with E-state index in [2.05, 4.69) is 0 Å². The van der Waals surface area contributed by atoms with Crippen LogP contribution in [0.1, 0.15) is 173 Å². The molecule has 3 aliphatic rings. The molecular formula is C35H64F2. The molecule has 0 heterocycles. The quantitative estimate of drug-likeness (QED) is 0.148. The maximum Gasteiger partial charge on any atom is 0.0894 e. The minimum atomic E-state index is -0.127. The van der Waals surface area contributed by atoms with Gasteiger partial charge in [0.1, 0.15) is 0 Å². The number of unbranched alkanes of at least 4 members (excludes halogenated alkanes) is 11. The van der Waals surface area contributed by atoms with E-state index in [1.54, 1.807) is 25.7 Å². The average molecular weight is 523 g/mol. The van der Waals surface area contributed by atoms with Gasteiger partial charge < -0.3 is 0 Å². The molecule has 0 aliphatic heterocycles. The van der Waals surface area contributed by atoms with Crippen molar-refractivity contribution >= 4 is 0 Å². The number of hydrogen-bond acceptors (Lipinski definition) is 0. The summed E-state index contributed by atoms with van der Waals surface area (Å²) in [5.41, 5.74) is 0. The Morgan fingerprint density at radius 1 is 0.297 bits per heavy atom. The van der Waals surface area contributed by atoms with Crippen molar-refractivity contribution < 1.29 is 8.78 Å². The first kappa shape index (κ1) is 31.4. The molecule has 3 rings (SSSR count). The van der Waals surface area contributed by atoms with E-state index < -0.39 is 0 Å². The predicted molar refractivity (Wildman–Crippen MR) is 158 cm³/mol. The number of halogens is 2. The fraction of sp³-hybridized carbons (Fsp3) is 1.00. The van der Waals surface area contributed by atoms with Gasteiger partial charge in [-0.1, -0.05) is 109 Å². The number of alkyl halides is 2. The van der Waals surface area contributed by atoms with Crippen molar-refractivity contribution in [2.24, 2.45) is 35.5 Å². The Balaban J connectivity index is 1.17. The van der Waals surface area contributed by atoms with E-state index in [-0.39, 0.29) is 13.3 Å². The first-order chi connectivity index (χ1) is 18.3. The van der Waals surface area contributed by atoms with Crippen LogP contribution in [0.3, 0.4) is 0 Å². The van der Waals surface area contributed by atoms with E-state index in [0.717, 1.165) is 61.2 Å². The number of rotatable bonds is 19. The van der Waals surface area contributed by atoms with Gasteiger partial charge >= 0.3 is 0 Å². The summed E-state index contributed by atoms with van der Waals surface area (Å²) < 4.78 is 24.3. The summed E-state index contributed by atoms with van der Waals surface area (Å²) in [6.45, 7) is -0.254. The maximum absolute atomic E-state index is 12.2. The van der Waals surface area contributed by atoms with Gasteiger partial charge in [-0.05, 0) is 99.7 Å². The molecule has 0 saturated heterocycles. The molecule has 37 heavy (non-hydrogen) atoms. The Kier molecular flexibility index (Phi) is 16.8. The fourth-order valence-corrected chi connectivity index (χ4v) is 8.63. The Morgan fingerprint density at radius 2 is 0.541 bits per heavy atom. The van der Waals surface area contributed by atoms with E-state index in [0.29, 0.717) is 0 Å². The molecule has 3 aliphatic carbocycles. The van der Waals surface area contributed by atoms with Gasteiger partial charge in [-0.2, -0.15) is 0 Å². The summed E-state index contributed by atoms with van der Waals surface area (Å²) in [7, 11) is 0. The van der Waals surface area contributed by atoms with E-state index in [1.807, 2.05) is 0 Å². The Morgan fingerprint density at radius 3 is 0.838 bits per heavy atom.